The minimum absolute atomic E-state index is 0.981. The molecule has 0 bridgehead atoms. The number of rotatable bonds is 5. The van der Waals surface area contributed by atoms with E-state index in [9.17, 15) is 0 Å². The lowest BCUT2D eigenvalue weighted by molar-refractivity contribution is 1.16. The van der Waals surface area contributed by atoms with Gasteiger partial charge < -0.3 is 9.13 Å². The Bertz CT molecular complexity index is 3310. The molecule has 0 saturated heterocycles. The maximum absolute atomic E-state index is 5.05. The van der Waals surface area contributed by atoms with Gasteiger partial charge in [-0.25, -0.2) is 0 Å². The van der Waals surface area contributed by atoms with Crippen LogP contribution in [0.2, 0.25) is 0 Å². The molecule has 8 aromatic carbocycles. The van der Waals surface area contributed by atoms with Gasteiger partial charge >= 0.3 is 0 Å². The van der Waals surface area contributed by atoms with E-state index >= 15 is 0 Å². The molecular weight excluding hydrogens is 705 g/mol. The van der Waals surface area contributed by atoms with Crippen molar-refractivity contribution in [1.29, 1.82) is 0 Å². The number of hydrogen-bond acceptors (Lipinski definition) is 2. The molecule has 0 aliphatic heterocycles. The third-order valence-electron chi connectivity index (χ3n) is 11.8. The van der Waals surface area contributed by atoms with Gasteiger partial charge in [0.15, 0.2) is 0 Å². The first-order chi connectivity index (χ1) is 28.8. The smallest absolute Gasteiger partial charge is 0.0955 e. The Morgan fingerprint density at radius 3 is 1.12 bits per heavy atom. The van der Waals surface area contributed by atoms with Crippen LogP contribution in [-0.4, -0.2) is 19.1 Å². The molecule has 12 rings (SSSR count). The molecule has 0 amide bonds. The third kappa shape index (κ3) is 4.88. The lowest BCUT2D eigenvalue weighted by atomic mass is 10.00. The van der Waals surface area contributed by atoms with Gasteiger partial charge in [0.1, 0.15) is 0 Å². The summed E-state index contributed by atoms with van der Waals surface area (Å²) < 4.78 is 4.76. The van der Waals surface area contributed by atoms with Crippen molar-refractivity contribution in [2.45, 2.75) is 0 Å². The van der Waals surface area contributed by atoms with E-state index in [1.165, 1.54) is 43.1 Å². The predicted octanol–water partition coefficient (Wildman–Crippen LogP) is 14.0. The Labute approximate surface area is 334 Å². The molecule has 0 saturated carbocycles. The zero-order valence-electron chi connectivity index (χ0n) is 31.4. The molecule has 4 aromatic heterocycles. The average molecular weight is 739 g/mol. The number of pyridine rings is 2. The zero-order chi connectivity index (χ0) is 38.2. The Morgan fingerprint density at radius 2 is 0.672 bits per heavy atom. The van der Waals surface area contributed by atoms with Crippen LogP contribution < -0.4 is 0 Å². The number of hydrogen-bond donors (Lipinski definition) is 0. The van der Waals surface area contributed by atoms with Gasteiger partial charge in [-0.05, 0) is 81.2 Å². The Kier molecular flexibility index (Phi) is 7.20. The molecule has 270 valence electrons. The quantitative estimate of drug-likeness (QED) is 0.176. The van der Waals surface area contributed by atoms with Crippen LogP contribution >= 0.6 is 0 Å². The van der Waals surface area contributed by atoms with Crippen LogP contribution in [0.3, 0.4) is 0 Å². The van der Waals surface area contributed by atoms with Crippen molar-refractivity contribution in [3.63, 3.8) is 0 Å². The van der Waals surface area contributed by atoms with Crippen LogP contribution in [0.15, 0.2) is 207 Å². The van der Waals surface area contributed by atoms with E-state index in [1.807, 2.05) is 12.4 Å². The first kappa shape index (κ1) is 32.4. The molecule has 0 unspecified atom stereocenters. The summed E-state index contributed by atoms with van der Waals surface area (Å²) in [6, 6.07) is 69.7. The Hall–Kier alpha value is -7.82. The first-order valence-corrected chi connectivity index (χ1v) is 19.7. The maximum Gasteiger partial charge on any atom is 0.0955 e. The molecule has 0 spiro atoms. The number of benzene rings is 8. The van der Waals surface area contributed by atoms with E-state index in [-0.39, 0.29) is 0 Å². The minimum atomic E-state index is 0.981. The number of fused-ring (bicyclic) bond motifs is 8. The number of aromatic nitrogens is 4. The Balaban J connectivity index is 0.977. The van der Waals surface area contributed by atoms with Gasteiger partial charge in [-0.2, -0.15) is 0 Å². The fourth-order valence-electron chi connectivity index (χ4n) is 9.23. The van der Waals surface area contributed by atoms with Crippen molar-refractivity contribution in [2.75, 3.05) is 0 Å². The van der Waals surface area contributed by atoms with Crippen LogP contribution in [0.25, 0.3) is 110 Å². The highest BCUT2D eigenvalue weighted by Crippen LogP contribution is 2.41. The minimum Gasteiger partial charge on any atom is -0.307 e. The van der Waals surface area contributed by atoms with E-state index in [0.29, 0.717) is 0 Å². The topological polar surface area (TPSA) is 35.6 Å². The second kappa shape index (κ2) is 12.9. The van der Waals surface area contributed by atoms with E-state index in [2.05, 4.69) is 203 Å². The van der Waals surface area contributed by atoms with Crippen molar-refractivity contribution >= 4 is 65.2 Å². The van der Waals surface area contributed by atoms with E-state index in [1.54, 1.807) is 0 Å². The van der Waals surface area contributed by atoms with Crippen molar-refractivity contribution in [1.82, 2.24) is 19.1 Å². The molecule has 0 aliphatic rings. The molecule has 0 N–H and O–H groups in total. The number of nitrogens with zero attached hydrogens (tertiary/aromatic N) is 4. The average Bonchev–Trinajstić information content (AvgIpc) is 3.82. The lowest BCUT2D eigenvalue weighted by Crippen LogP contribution is -1.98. The summed E-state index contributed by atoms with van der Waals surface area (Å²) in [5, 5.41) is 9.61. The van der Waals surface area contributed by atoms with Crippen molar-refractivity contribution < 1.29 is 0 Å². The van der Waals surface area contributed by atoms with Gasteiger partial charge in [0, 0.05) is 56.4 Å². The predicted molar refractivity (Wildman–Crippen MR) is 242 cm³/mol. The van der Waals surface area contributed by atoms with Gasteiger partial charge in [-0.3, -0.25) is 9.97 Å². The summed E-state index contributed by atoms with van der Waals surface area (Å²) in [6.45, 7) is 0. The molecule has 0 aliphatic carbocycles. The second-order valence-electron chi connectivity index (χ2n) is 15.0. The molecule has 4 heteroatoms. The summed E-state index contributed by atoms with van der Waals surface area (Å²) in [4.78, 5) is 10.1. The fourth-order valence-corrected chi connectivity index (χ4v) is 9.23. The van der Waals surface area contributed by atoms with Crippen molar-refractivity contribution in [3.05, 3.63) is 207 Å². The molecular formula is C54H34N4. The summed E-state index contributed by atoms with van der Waals surface area (Å²) in [6.07, 6.45) is 3.90. The third-order valence-corrected chi connectivity index (χ3v) is 11.8. The van der Waals surface area contributed by atoms with Gasteiger partial charge in [0.2, 0.25) is 0 Å². The molecule has 0 atom stereocenters. The van der Waals surface area contributed by atoms with Gasteiger partial charge in [-0.15, -0.1) is 0 Å². The summed E-state index contributed by atoms with van der Waals surface area (Å²) in [5.41, 5.74) is 13.3. The van der Waals surface area contributed by atoms with Crippen LogP contribution in [0, 0.1) is 0 Å². The monoisotopic (exact) mass is 738 g/mol. The highest BCUT2D eigenvalue weighted by Gasteiger charge is 2.20. The summed E-state index contributed by atoms with van der Waals surface area (Å²) in [7, 11) is 0. The standard InChI is InChI=1S/C54H34N4/c1-3-15-41-37(11-1)13-9-19-45(41)51-53-47(31-33-55-51)43-17-5-7-21-49(43)57(53)39-27-23-35(24-28-39)36-25-29-40(30-26-36)58-50-22-8-6-18-44(50)48-32-34-56-52(54(48)58)46-20-10-14-38-12-2-4-16-42(38)46/h1-34H. The van der Waals surface area contributed by atoms with Crippen molar-refractivity contribution in [3.8, 4) is 45.0 Å². The van der Waals surface area contributed by atoms with Crippen LogP contribution in [0.4, 0.5) is 0 Å². The largest absolute Gasteiger partial charge is 0.307 e. The zero-order valence-corrected chi connectivity index (χ0v) is 31.4. The van der Waals surface area contributed by atoms with Gasteiger partial charge in [-0.1, -0.05) is 146 Å². The molecule has 12 aromatic rings. The van der Waals surface area contributed by atoms with Gasteiger partial charge in [0.25, 0.3) is 0 Å². The van der Waals surface area contributed by atoms with Gasteiger partial charge in [0.05, 0.1) is 33.5 Å². The van der Waals surface area contributed by atoms with E-state index in [0.717, 1.165) is 67.1 Å². The highest BCUT2D eigenvalue weighted by atomic mass is 15.0. The van der Waals surface area contributed by atoms with E-state index < -0.39 is 0 Å². The lowest BCUT2D eigenvalue weighted by Gasteiger charge is -2.14. The highest BCUT2D eigenvalue weighted by molar-refractivity contribution is 6.16. The summed E-state index contributed by atoms with van der Waals surface area (Å²) >= 11 is 0. The normalized spacial score (nSPS) is 11.8. The molecule has 4 nitrogen and oxygen atoms in total. The molecule has 0 radical (unpaired) electrons. The Morgan fingerprint density at radius 1 is 0.293 bits per heavy atom. The van der Waals surface area contributed by atoms with E-state index in [4.69, 9.17) is 9.97 Å². The van der Waals surface area contributed by atoms with Crippen molar-refractivity contribution in [2.24, 2.45) is 0 Å². The first-order valence-electron chi connectivity index (χ1n) is 19.7. The summed E-state index contributed by atoms with van der Waals surface area (Å²) in [5.74, 6) is 0. The molecule has 0 fully saturated rings. The molecule has 58 heavy (non-hydrogen) atoms. The SMILES string of the molecule is c1ccc2c(-c3nccc4c5ccccc5n(-c5ccc(-c6ccc(-n7c8ccccc8c8ccnc(-c9cccc%10ccccc9%10)c87)cc6)cc5)c34)cccc2c1. The number of para-hydroxylation sites is 2. The maximum atomic E-state index is 5.05. The fraction of sp³-hybridized carbons (Fsp3) is 0. The van der Waals surface area contributed by atoms with Crippen LogP contribution in [0.1, 0.15) is 0 Å². The van der Waals surface area contributed by atoms with Crippen LogP contribution in [-0.2, 0) is 0 Å². The molecule has 4 heterocycles. The van der Waals surface area contributed by atoms with Crippen LogP contribution in [0.5, 0.6) is 0 Å². The second-order valence-corrected chi connectivity index (χ2v) is 15.0.